The molecule has 0 aliphatic carbocycles. The maximum Gasteiger partial charge on any atom is 0.277 e. The fraction of sp³-hybridized carbons (Fsp3) is 0.250. The van der Waals surface area contributed by atoms with Crippen LogP contribution in [0.5, 0.6) is 0 Å². The van der Waals surface area contributed by atoms with Gasteiger partial charge in [0.25, 0.3) is 5.22 Å². The van der Waals surface area contributed by atoms with Gasteiger partial charge in [-0.2, -0.15) is 0 Å². The van der Waals surface area contributed by atoms with Crippen LogP contribution in [0, 0.1) is 0 Å². The molecule has 2 aromatic carbocycles. The molecule has 0 fully saturated rings. The Morgan fingerprint density at radius 1 is 1.14 bits per heavy atom. The Bertz CT molecular complexity index is 950. The first kappa shape index (κ1) is 20.7. The molecule has 8 heteroatoms. The average molecular weight is 436 g/mol. The smallest absolute Gasteiger partial charge is 0.277 e. The molecular formula is C20H19Cl2N3O2S. The summed E-state index contributed by atoms with van der Waals surface area (Å²) in [5.41, 5.74) is 1.89. The van der Waals surface area contributed by atoms with Gasteiger partial charge in [-0.3, -0.25) is 4.79 Å². The number of thioether (sulfide) groups is 1. The van der Waals surface area contributed by atoms with Crippen LogP contribution in [0.25, 0.3) is 0 Å². The lowest BCUT2D eigenvalue weighted by atomic mass is 10.1. The Hall–Kier alpha value is -2.02. The Labute approximate surface area is 177 Å². The quantitative estimate of drug-likeness (QED) is 0.508. The summed E-state index contributed by atoms with van der Waals surface area (Å²) >= 11 is 13.4. The van der Waals surface area contributed by atoms with Crippen LogP contribution in [0.15, 0.2) is 58.2 Å². The van der Waals surface area contributed by atoms with Crippen LogP contribution < -0.4 is 5.32 Å². The molecule has 0 spiro atoms. The lowest BCUT2D eigenvalue weighted by molar-refractivity contribution is -0.120. The molecule has 0 aliphatic heterocycles. The minimum Gasteiger partial charge on any atom is -0.416 e. The van der Waals surface area contributed by atoms with E-state index in [1.807, 2.05) is 37.3 Å². The first-order chi connectivity index (χ1) is 13.4. The highest BCUT2D eigenvalue weighted by Gasteiger charge is 2.21. The van der Waals surface area contributed by atoms with E-state index in [2.05, 4.69) is 15.5 Å². The highest BCUT2D eigenvalue weighted by atomic mass is 35.5. The molecule has 1 heterocycles. The number of nitrogens with zero attached hydrogens (tertiary/aromatic N) is 2. The molecule has 3 aromatic rings. The Balaban J connectivity index is 1.57. The Morgan fingerprint density at radius 2 is 1.89 bits per heavy atom. The third-order valence-electron chi connectivity index (χ3n) is 4.08. The number of carbonyl (C=O) groups is 1. The van der Waals surface area contributed by atoms with Crippen LogP contribution in [0.1, 0.15) is 36.9 Å². The van der Waals surface area contributed by atoms with Crippen LogP contribution in [0.3, 0.4) is 0 Å². The number of carbonyl (C=O) groups excluding carboxylic acids is 1. The number of aromatic nitrogens is 2. The second-order valence-corrected chi connectivity index (χ2v) is 8.42. The summed E-state index contributed by atoms with van der Waals surface area (Å²) in [5, 5.41) is 12.1. The van der Waals surface area contributed by atoms with E-state index in [9.17, 15) is 4.79 Å². The molecule has 0 aliphatic rings. The zero-order chi connectivity index (χ0) is 20.1. The fourth-order valence-corrected chi connectivity index (χ4v) is 3.88. The number of nitrogens with one attached hydrogen (secondary N) is 1. The van der Waals surface area contributed by atoms with Crippen LogP contribution in [-0.2, 0) is 11.2 Å². The molecule has 5 nitrogen and oxygen atoms in total. The highest BCUT2D eigenvalue weighted by molar-refractivity contribution is 8.00. The van der Waals surface area contributed by atoms with Crippen LogP contribution in [0.4, 0.5) is 0 Å². The molecule has 2 atom stereocenters. The number of halogens is 2. The number of hydrogen-bond donors (Lipinski definition) is 1. The van der Waals surface area contributed by atoms with Crippen molar-refractivity contribution >= 4 is 40.9 Å². The highest BCUT2D eigenvalue weighted by Crippen LogP contribution is 2.27. The second kappa shape index (κ2) is 9.45. The topological polar surface area (TPSA) is 68.0 Å². The first-order valence-corrected chi connectivity index (χ1v) is 10.3. The molecule has 0 saturated heterocycles. The normalized spacial score (nSPS) is 13.1. The van der Waals surface area contributed by atoms with Gasteiger partial charge in [-0.15, -0.1) is 10.2 Å². The predicted molar refractivity (Wildman–Crippen MR) is 112 cm³/mol. The molecule has 0 saturated carbocycles. The second-order valence-electron chi connectivity index (χ2n) is 6.28. The summed E-state index contributed by atoms with van der Waals surface area (Å²) in [7, 11) is 0. The van der Waals surface area contributed by atoms with Crippen molar-refractivity contribution in [3.05, 3.63) is 75.6 Å². The Morgan fingerprint density at radius 3 is 2.61 bits per heavy atom. The molecule has 0 bridgehead atoms. The van der Waals surface area contributed by atoms with Crippen molar-refractivity contribution < 1.29 is 9.21 Å². The Kier molecular flexibility index (Phi) is 6.99. The lowest BCUT2D eigenvalue weighted by Crippen LogP contribution is -2.33. The average Bonchev–Trinajstić information content (AvgIpc) is 3.09. The van der Waals surface area contributed by atoms with Crippen molar-refractivity contribution in [3.8, 4) is 0 Å². The number of rotatable bonds is 7. The third kappa shape index (κ3) is 5.50. The molecule has 146 valence electrons. The summed E-state index contributed by atoms with van der Waals surface area (Å²) in [6.45, 7) is 3.66. The minimum atomic E-state index is -0.404. The third-order valence-corrected chi connectivity index (χ3v) is 5.58. The predicted octanol–water partition coefficient (Wildman–Crippen LogP) is 5.33. The van der Waals surface area contributed by atoms with E-state index in [-0.39, 0.29) is 11.9 Å². The molecule has 1 amide bonds. The zero-order valence-electron chi connectivity index (χ0n) is 15.4. The van der Waals surface area contributed by atoms with Crippen molar-refractivity contribution in [2.75, 3.05) is 0 Å². The summed E-state index contributed by atoms with van der Waals surface area (Å²) < 4.78 is 5.66. The van der Waals surface area contributed by atoms with Gasteiger partial charge in [-0.05, 0) is 37.1 Å². The van der Waals surface area contributed by atoms with Gasteiger partial charge >= 0.3 is 0 Å². The van der Waals surface area contributed by atoms with Crippen LogP contribution in [0.2, 0.25) is 10.0 Å². The molecule has 0 radical (unpaired) electrons. The summed E-state index contributed by atoms with van der Waals surface area (Å²) in [5.74, 6) is 0.369. The van der Waals surface area contributed by atoms with Gasteiger partial charge in [-0.1, -0.05) is 71.4 Å². The largest absolute Gasteiger partial charge is 0.416 e. The van der Waals surface area contributed by atoms with Crippen LogP contribution in [-0.4, -0.2) is 21.4 Å². The van der Waals surface area contributed by atoms with Crippen molar-refractivity contribution in [3.63, 3.8) is 0 Å². The van der Waals surface area contributed by atoms with Gasteiger partial charge in [0, 0.05) is 10.0 Å². The van der Waals surface area contributed by atoms with E-state index in [1.54, 1.807) is 25.1 Å². The molecular weight excluding hydrogens is 417 g/mol. The summed E-state index contributed by atoms with van der Waals surface area (Å²) in [4.78, 5) is 12.5. The van der Waals surface area contributed by atoms with E-state index in [0.717, 1.165) is 11.1 Å². The fourth-order valence-electron chi connectivity index (χ4n) is 2.59. The van der Waals surface area contributed by atoms with Gasteiger partial charge < -0.3 is 9.73 Å². The zero-order valence-corrected chi connectivity index (χ0v) is 17.7. The van der Waals surface area contributed by atoms with Crippen molar-refractivity contribution in [1.29, 1.82) is 0 Å². The molecule has 1 N–H and O–H groups in total. The summed E-state index contributed by atoms with van der Waals surface area (Å²) in [6.07, 6.45) is 0.557. The molecule has 3 rings (SSSR count). The summed E-state index contributed by atoms with van der Waals surface area (Å²) in [6, 6.07) is 14.8. The maximum absolute atomic E-state index is 12.5. The first-order valence-electron chi connectivity index (χ1n) is 8.70. The SMILES string of the molecule is C[C@@H](Sc1nnc(Cc2ccccc2)o1)C(=O)N[C@H](C)c1ccc(Cl)cc1Cl. The molecule has 1 aromatic heterocycles. The van der Waals surface area contributed by atoms with E-state index in [4.69, 9.17) is 27.6 Å². The van der Waals surface area contributed by atoms with E-state index in [0.29, 0.717) is 27.6 Å². The lowest BCUT2D eigenvalue weighted by Gasteiger charge is -2.18. The molecule has 0 unspecified atom stereocenters. The van der Waals surface area contributed by atoms with Crippen molar-refractivity contribution in [2.45, 2.75) is 36.8 Å². The van der Waals surface area contributed by atoms with Gasteiger partial charge in [-0.25, -0.2) is 0 Å². The standard InChI is InChI=1S/C20H19Cl2N3O2S/c1-12(16-9-8-15(21)11-17(16)22)23-19(26)13(2)28-20-25-24-18(27-20)10-14-6-4-3-5-7-14/h3-9,11-13H,10H2,1-2H3,(H,23,26)/t12-,13-/m1/s1. The number of hydrogen-bond acceptors (Lipinski definition) is 5. The number of benzene rings is 2. The van der Waals surface area contributed by atoms with Crippen molar-refractivity contribution in [1.82, 2.24) is 15.5 Å². The van der Waals surface area contributed by atoms with Gasteiger partial charge in [0.05, 0.1) is 17.7 Å². The van der Waals surface area contributed by atoms with E-state index >= 15 is 0 Å². The maximum atomic E-state index is 12.5. The number of amides is 1. The van der Waals surface area contributed by atoms with Gasteiger partial charge in [0.1, 0.15) is 0 Å². The van der Waals surface area contributed by atoms with Crippen molar-refractivity contribution in [2.24, 2.45) is 0 Å². The monoisotopic (exact) mass is 435 g/mol. The van der Waals surface area contributed by atoms with E-state index < -0.39 is 5.25 Å². The van der Waals surface area contributed by atoms with E-state index in [1.165, 1.54) is 11.8 Å². The molecule has 28 heavy (non-hydrogen) atoms. The minimum absolute atomic E-state index is 0.147. The van der Waals surface area contributed by atoms with Gasteiger partial charge in [0.2, 0.25) is 11.8 Å². The van der Waals surface area contributed by atoms with Gasteiger partial charge in [0.15, 0.2) is 0 Å². The van der Waals surface area contributed by atoms with Crippen LogP contribution >= 0.6 is 35.0 Å².